The molecule has 0 spiro atoms. The highest BCUT2D eigenvalue weighted by Crippen LogP contribution is 2.10. The molecule has 1 aromatic rings. The first-order valence-corrected chi connectivity index (χ1v) is 4.42. The second-order valence-electron chi connectivity index (χ2n) is 3.14. The molecule has 5 nitrogen and oxygen atoms in total. The van der Waals surface area contributed by atoms with Crippen LogP contribution in [0.2, 0.25) is 0 Å². The van der Waals surface area contributed by atoms with E-state index in [2.05, 4.69) is 15.6 Å². The zero-order valence-electron chi connectivity index (χ0n) is 8.07. The Hall–Kier alpha value is -2.17. The lowest BCUT2D eigenvalue weighted by Crippen LogP contribution is -2.22. The fraction of sp³-hybridized carbons (Fsp3) is 0.100. The molecule has 0 radical (unpaired) electrons. The molecule has 2 heterocycles. The van der Waals surface area contributed by atoms with Crippen molar-refractivity contribution in [3.05, 3.63) is 35.3 Å². The molecule has 0 aliphatic carbocycles. The Bertz CT molecular complexity index is 465. The second-order valence-corrected chi connectivity index (χ2v) is 3.14. The fourth-order valence-corrected chi connectivity index (χ4v) is 1.29. The Kier molecular flexibility index (Phi) is 2.21. The van der Waals surface area contributed by atoms with E-state index in [1.165, 1.54) is 0 Å². The maximum Gasteiger partial charge on any atom is 0.326 e. The van der Waals surface area contributed by atoms with Gasteiger partial charge in [-0.2, -0.15) is 0 Å². The van der Waals surface area contributed by atoms with Gasteiger partial charge in [0.15, 0.2) is 0 Å². The second kappa shape index (κ2) is 3.53. The van der Waals surface area contributed by atoms with Crippen molar-refractivity contribution in [1.29, 1.82) is 0 Å². The summed E-state index contributed by atoms with van der Waals surface area (Å²) in [5, 5.41) is 4.54. The van der Waals surface area contributed by atoms with Gasteiger partial charge in [0.2, 0.25) is 0 Å². The number of hydrogen-bond donors (Lipinski definition) is 2. The Morgan fingerprint density at radius 3 is 2.73 bits per heavy atom. The van der Waals surface area contributed by atoms with Gasteiger partial charge in [-0.15, -0.1) is 0 Å². The fourth-order valence-electron chi connectivity index (χ4n) is 1.29. The van der Waals surface area contributed by atoms with Gasteiger partial charge in [-0.25, -0.2) is 4.79 Å². The molecule has 1 aliphatic rings. The first-order chi connectivity index (χ1) is 7.16. The zero-order chi connectivity index (χ0) is 10.8. The lowest BCUT2D eigenvalue weighted by Gasteiger charge is -1.98. The maximum absolute atomic E-state index is 11.2. The summed E-state index contributed by atoms with van der Waals surface area (Å²) in [5.41, 5.74) is 1.86. The lowest BCUT2D eigenvalue weighted by molar-refractivity contribution is -0.115. The van der Waals surface area contributed by atoms with Crippen LogP contribution < -0.4 is 10.6 Å². The number of aryl methyl sites for hydroxylation is 1. The molecule has 5 heteroatoms. The molecule has 1 fully saturated rings. The topological polar surface area (TPSA) is 71.1 Å². The number of aromatic nitrogens is 1. The molecule has 1 aliphatic heterocycles. The van der Waals surface area contributed by atoms with Crippen LogP contribution in [0.25, 0.3) is 6.08 Å². The summed E-state index contributed by atoms with van der Waals surface area (Å²) >= 11 is 0. The van der Waals surface area contributed by atoms with Gasteiger partial charge in [0.25, 0.3) is 5.91 Å². The summed E-state index contributed by atoms with van der Waals surface area (Å²) < 4.78 is 0. The van der Waals surface area contributed by atoms with Crippen molar-refractivity contribution < 1.29 is 9.59 Å². The summed E-state index contributed by atoms with van der Waals surface area (Å²) in [4.78, 5) is 26.1. The van der Waals surface area contributed by atoms with Gasteiger partial charge < -0.3 is 5.32 Å². The summed E-state index contributed by atoms with van der Waals surface area (Å²) in [6.07, 6.45) is 3.27. The summed E-state index contributed by atoms with van der Waals surface area (Å²) in [5.74, 6) is -0.414. The summed E-state index contributed by atoms with van der Waals surface area (Å²) in [6, 6.07) is 3.11. The standard InChI is InChI=1S/C10H9N3O2/c1-6-7(3-2-4-11-6)5-8-9(14)13-10(15)12-8/h2-5H,1H3,(H2,12,13,14,15)/b8-5-. The number of urea groups is 1. The van der Waals surface area contributed by atoms with Crippen molar-refractivity contribution in [3.8, 4) is 0 Å². The highest BCUT2D eigenvalue weighted by atomic mass is 16.2. The van der Waals surface area contributed by atoms with Gasteiger partial charge in [-0.1, -0.05) is 6.07 Å². The van der Waals surface area contributed by atoms with Crippen molar-refractivity contribution in [1.82, 2.24) is 15.6 Å². The molecule has 2 N–H and O–H groups in total. The Labute approximate surface area is 86.2 Å². The predicted octanol–water partition coefficient (Wildman–Crippen LogP) is 0.570. The van der Waals surface area contributed by atoms with E-state index >= 15 is 0 Å². The first kappa shape index (κ1) is 9.39. The van der Waals surface area contributed by atoms with Crippen LogP contribution in [-0.4, -0.2) is 16.9 Å². The normalized spacial score (nSPS) is 17.8. The van der Waals surface area contributed by atoms with E-state index in [1.807, 2.05) is 13.0 Å². The molecule has 1 aromatic heterocycles. The minimum atomic E-state index is -0.493. The molecular formula is C10H9N3O2. The van der Waals surface area contributed by atoms with Crippen LogP contribution in [0.4, 0.5) is 4.79 Å². The van der Waals surface area contributed by atoms with Gasteiger partial charge in [0.05, 0.1) is 0 Å². The highest BCUT2D eigenvalue weighted by molar-refractivity contribution is 6.14. The Morgan fingerprint density at radius 1 is 1.33 bits per heavy atom. The van der Waals surface area contributed by atoms with E-state index in [4.69, 9.17) is 0 Å². The average Bonchev–Trinajstić information content (AvgIpc) is 2.49. The number of carbonyl (C=O) groups is 2. The third-order valence-corrected chi connectivity index (χ3v) is 2.07. The van der Waals surface area contributed by atoms with Gasteiger partial charge >= 0.3 is 6.03 Å². The van der Waals surface area contributed by atoms with Crippen molar-refractivity contribution in [2.45, 2.75) is 6.92 Å². The first-order valence-electron chi connectivity index (χ1n) is 4.42. The van der Waals surface area contributed by atoms with Gasteiger partial charge in [-0.05, 0) is 24.6 Å². The molecular weight excluding hydrogens is 194 g/mol. The number of pyridine rings is 1. The quantitative estimate of drug-likeness (QED) is 0.517. The van der Waals surface area contributed by atoms with Crippen molar-refractivity contribution in [3.63, 3.8) is 0 Å². The van der Waals surface area contributed by atoms with E-state index in [9.17, 15) is 9.59 Å². The predicted molar refractivity (Wildman–Crippen MR) is 53.6 cm³/mol. The van der Waals surface area contributed by atoms with Crippen LogP contribution in [0.15, 0.2) is 24.0 Å². The third kappa shape index (κ3) is 1.85. The molecule has 3 amide bonds. The monoisotopic (exact) mass is 203 g/mol. The maximum atomic E-state index is 11.2. The largest absolute Gasteiger partial charge is 0.326 e. The van der Waals surface area contributed by atoms with Crippen LogP contribution >= 0.6 is 0 Å². The molecule has 2 rings (SSSR count). The van der Waals surface area contributed by atoms with Crippen LogP contribution in [0.5, 0.6) is 0 Å². The number of imide groups is 1. The number of nitrogens with zero attached hydrogens (tertiary/aromatic N) is 1. The molecule has 1 saturated heterocycles. The van der Waals surface area contributed by atoms with Crippen LogP contribution in [0.3, 0.4) is 0 Å². The molecule has 15 heavy (non-hydrogen) atoms. The van der Waals surface area contributed by atoms with Crippen molar-refractivity contribution in [2.75, 3.05) is 0 Å². The molecule has 76 valence electrons. The molecule has 0 saturated carbocycles. The minimum Gasteiger partial charge on any atom is -0.303 e. The van der Waals surface area contributed by atoms with E-state index in [1.54, 1.807) is 18.3 Å². The average molecular weight is 203 g/mol. The smallest absolute Gasteiger partial charge is 0.303 e. The van der Waals surface area contributed by atoms with E-state index in [0.29, 0.717) is 0 Å². The molecule has 0 atom stereocenters. The van der Waals surface area contributed by atoms with Crippen LogP contribution in [-0.2, 0) is 4.79 Å². The van der Waals surface area contributed by atoms with Crippen LogP contribution in [0.1, 0.15) is 11.3 Å². The van der Waals surface area contributed by atoms with Crippen molar-refractivity contribution in [2.24, 2.45) is 0 Å². The highest BCUT2D eigenvalue weighted by Gasteiger charge is 2.22. The van der Waals surface area contributed by atoms with Gasteiger partial charge in [0.1, 0.15) is 5.70 Å². The summed E-state index contributed by atoms with van der Waals surface area (Å²) in [7, 11) is 0. The van der Waals surface area contributed by atoms with E-state index < -0.39 is 11.9 Å². The van der Waals surface area contributed by atoms with E-state index in [-0.39, 0.29) is 5.70 Å². The number of amides is 3. The zero-order valence-corrected chi connectivity index (χ0v) is 8.07. The SMILES string of the molecule is Cc1ncccc1/C=C1\NC(=O)NC1=O. The molecule has 0 aromatic carbocycles. The van der Waals surface area contributed by atoms with E-state index in [0.717, 1.165) is 11.3 Å². The number of hydrogen-bond acceptors (Lipinski definition) is 3. The van der Waals surface area contributed by atoms with Crippen molar-refractivity contribution >= 4 is 18.0 Å². The number of carbonyl (C=O) groups excluding carboxylic acids is 2. The van der Waals surface area contributed by atoms with Gasteiger partial charge in [0, 0.05) is 11.9 Å². The minimum absolute atomic E-state index is 0.246. The molecule has 0 bridgehead atoms. The number of rotatable bonds is 1. The lowest BCUT2D eigenvalue weighted by atomic mass is 10.2. The molecule has 0 unspecified atom stereocenters. The van der Waals surface area contributed by atoms with Gasteiger partial charge in [-0.3, -0.25) is 15.1 Å². The Balaban J connectivity index is 2.35. The Morgan fingerprint density at radius 2 is 2.13 bits per heavy atom. The third-order valence-electron chi connectivity index (χ3n) is 2.07. The van der Waals surface area contributed by atoms with Crippen LogP contribution in [0, 0.1) is 6.92 Å². The summed E-state index contributed by atoms with van der Waals surface area (Å²) in [6.45, 7) is 1.83. The number of nitrogens with one attached hydrogen (secondary N) is 2.